The molecule has 0 saturated carbocycles. The zero-order chi connectivity index (χ0) is 15.3. The standard InChI is InChI=1S/C17H38N2/c1-16(2,3)13-15(19(8)9)14-17(4,5)11-10-12-18(6)7/h15H,10-14H2,1-9H3. The Kier molecular flexibility index (Phi) is 7.60. The lowest BCUT2D eigenvalue weighted by atomic mass is 9.77. The Morgan fingerprint density at radius 1 is 0.842 bits per heavy atom. The van der Waals surface area contributed by atoms with Crippen LogP contribution in [0.1, 0.15) is 60.3 Å². The third-order valence-electron chi connectivity index (χ3n) is 3.83. The van der Waals surface area contributed by atoms with E-state index in [-0.39, 0.29) is 0 Å². The van der Waals surface area contributed by atoms with Crippen LogP contribution in [0.2, 0.25) is 0 Å². The minimum Gasteiger partial charge on any atom is -0.309 e. The van der Waals surface area contributed by atoms with Crippen LogP contribution in [0.15, 0.2) is 0 Å². The van der Waals surface area contributed by atoms with Crippen LogP contribution in [0.5, 0.6) is 0 Å². The highest BCUT2D eigenvalue weighted by atomic mass is 15.1. The van der Waals surface area contributed by atoms with E-state index in [0.717, 1.165) is 0 Å². The Labute approximate surface area is 122 Å². The molecule has 0 aromatic carbocycles. The van der Waals surface area contributed by atoms with E-state index in [1.165, 1.54) is 32.2 Å². The summed E-state index contributed by atoms with van der Waals surface area (Å²) in [6.45, 7) is 13.1. The lowest BCUT2D eigenvalue weighted by Gasteiger charge is -2.37. The first-order valence-electron chi connectivity index (χ1n) is 7.74. The zero-order valence-electron chi connectivity index (χ0n) is 15.0. The summed E-state index contributed by atoms with van der Waals surface area (Å²) in [5.74, 6) is 0. The number of rotatable bonds is 8. The summed E-state index contributed by atoms with van der Waals surface area (Å²) in [6, 6.07) is 0.689. The van der Waals surface area contributed by atoms with E-state index in [0.29, 0.717) is 16.9 Å². The molecule has 0 aromatic heterocycles. The van der Waals surface area contributed by atoms with Crippen molar-refractivity contribution in [3.8, 4) is 0 Å². The van der Waals surface area contributed by atoms with Crippen molar-refractivity contribution in [2.24, 2.45) is 10.8 Å². The van der Waals surface area contributed by atoms with Crippen molar-refractivity contribution < 1.29 is 0 Å². The van der Waals surface area contributed by atoms with Crippen molar-refractivity contribution in [1.82, 2.24) is 9.80 Å². The second-order valence-electron chi connectivity index (χ2n) is 8.66. The molecule has 0 amide bonds. The van der Waals surface area contributed by atoms with E-state index in [4.69, 9.17) is 0 Å². The van der Waals surface area contributed by atoms with Crippen molar-refractivity contribution in [1.29, 1.82) is 0 Å². The van der Waals surface area contributed by atoms with Crippen LogP contribution < -0.4 is 0 Å². The van der Waals surface area contributed by atoms with Gasteiger partial charge >= 0.3 is 0 Å². The normalized spacial score (nSPS) is 15.3. The van der Waals surface area contributed by atoms with Gasteiger partial charge in [0.05, 0.1) is 0 Å². The average Bonchev–Trinajstić information content (AvgIpc) is 2.12. The largest absolute Gasteiger partial charge is 0.309 e. The van der Waals surface area contributed by atoms with Gasteiger partial charge in [-0.15, -0.1) is 0 Å². The van der Waals surface area contributed by atoms with Crippen molar-refractivity contribution in [3.05, 3.63) is 0 Å². The molecular formula is C17H38N2. The van der Waals surface area contributed by atoms with E-state index >= 15 is 0 Å². The van der Waals surface area contributed by atoms with E-state index < -0.39 is 0 Å². The van der Waals surface area contributed by atoms with Crippen molar-refractivity contribution >= 4 is 0 Å². The molecule has 0 bridgehead atoms. The Balaban J connectivity index is 4.39. The summed E-state index contributed by atoms with van der Waals surface area (Å²) >= 11 is 0. The molecule has 2 heteroatoms. The van der Waals surface area contributed by atoms with Gasteiger partial charge in [-0.25, -0.2) is 0 Å². The Hall–Kier alpha value is -0.0800. The highest BCUT2D eigenvalue weighted by molar-refractivity contribution is 4.81. The van der Waals surface area contributed by atoms with E-state index in [9.17, 15) is 0 Å². The Morgan fingerprint density at radius 3 is 1.74 bits per heavy atom. The number of hydrogen-bond donors (Lipinski definition) is 0. The van der Waals surface area contributed by atoms with E-state index in [2.05, 4.69) is 72.6 Å². The highest BCUT2D eigenvalue weighted by Gasteiger charge is 2.27. The molecule has 0 aliphatic heterocycles. The maximum Gasteiger partial charge on any atom is 0.00992 e. The zero-order valence-corrected chi connectivity index (χ0v) is 15.0. The molecule has 2 nitrogen and oxygen atoms in total. The third-order valence-corrected chi connectivity index (χ3v) is 3.83. The van der Waals surface area contributed by atoms with Crippen LogP contribution in [-0.2, 0) is 0 Å². The van der Waals surface area contributed by atoms with Gasteiger partial charge in [-0.2, -0.15) is 0 Å². The van der Waals surface area contributed by atoms with E-state index in [1.54, 1.807) is 0 Å². The predicted octanol–water partition coefficient (Wildman–Crippen LogP) is 4.11. The van der Waals surface area contributed by atoms with Crippen LogP contribution in [-0.4, -0.2) is 50.6 Å². The Bertz CT molecular complexity index is 236. The van der Waals surface area contributed by atoms with Gasteiger partial charge in [0.25, 0.3) is 0 Å². The second-order valence-corrected chi connectivity index (χ2v) is 8.66. The summed E-state index contributed by atoms with van der Waals surface area (Å²) < 4.78 is 0. The second kappa shape index (κ2) is 7.64. The van der Waals surface area contributed by atoms with Gasteiger partial charge in [-0.3, -0.25) is 0 Å². The molecule has 116 valence electrons. The molecule has 0 saturated heterocycles. The van der Waals surface area contributed by atoms with Crippen LogP contribution >= 0.6 is 0 Å². The maximum absolute atomic E-state index is 2.43. The SMILES string of the molecule is CN(C)CCCC(C)(C)CC(CC(C)(C)C)N(C)C. The topological polar surface area (TPSA) is 6.48 Å². The summed E-state index contributed by atoms with van der Waals surface area (Å²) in [6.07, 6.45) is 5.19. The molecular weight excluding hydrogens is 232 g/mol. The average molecular weight is 271 g/mol. The third kappa shape index (κ3) is 10.4. The number of nitrogens with zero attached hydrogens (tertiary/aromatic N) is 2. The van der Waals surface area contributed by atoms with Crippen LogP contribution in [0.3, 0.4) is 0 Å². The minimum atomic E-state index is 0.411. The fraction of sp³-hybridized carbons (Fsp3) is 1.00. The smallest absolute Gasteiger partial charge is 0.00992 e. The van der Waals surface area contributed by atoms with Crippen LogP contribution in [0.25, 0.3) is 0 Å². The lowest BCUT2D eigenvalue weighted by Crippen LogP contribution is -2.36. The van der Waals surface area contributed by atoms with Crippen molar-refractivity contribution in [3.63, 3.8) is 0 Å². The first-order valence-corrected chi connectivity index (χ1v) is 7.74. The van der Waals surface area contributed by atoms with Crippen LogP contribution in [0.4, 0.5) is 0 Å². The Morgan fingerprint density at radius 2 is 1.37 bits per heavy atom. The highest BCUT2D eigenvalue weighted by Crippen LogP contribution is 2.34. The molecule has 0 rings (SSSR count). The molecule has 0 fully saturated rings. The molecule has 0 radical (unpaired) electrons. The molecule has 0 N–H and O–H groups in total. The van der Waals surface area contributed by atoms with Crippen molar-refractivity contribution in [2.75, 3.05) is 34.7 Å². The molecule has 1 atom stereocenters. The van der Waals surface area contributed by atoms with Gasteiger partial charge in [-0.05, 0) is 71.2 Å². The van der Waals surface area contributed by atoms with Crippen LogP contribution in [0, 0.1) is 10.8 Å². The summed E-state index contributed by atoms with van der Waals surface area (Å²) in [5, 5.41) is 0. The van der Waals surface area contributed by atoms with Gasteiger partial charge in [0.2, 0.25) is 0 Å². The number of hydrogen-bond acceptors (Lipinski definition) is 2. The van der Waals surface area contributed by atoms with E-state index in [1.807, 2.05) is 0 Å². The van der Waals surface area contributed by atoms with Gasteiger partial charge < -0.3 is 9.80 Å². The molecule has 0 spiro atoms. The monoisotopic (exact) mass is 270 g/mol. The lowest BCUT2D eigenvalue weighted by molar-refractivity contribution is 0.139. The van der Waals surface area contributed by atoms with Crippen molar-refractivity contribution in [2.45, 2.75) is 66.3 Å². The van der Waals surface area contributed by atoms with Gasteiger partial charge in [0.1, 0.15) is 0 Å². The summed E-state index contributed by atoms with van der Waals surface area (Å²) in [7, 11) is 8.78. The fourth-order valence-electron chi connectivity index (χ4n) is 2.76. The predicted molar refractivity (Wildman–Crippen MR) is 87.7 cm³/mol. The minimum absolute atomic E-state index is 0.411. The molecule has 0 aliphatic carbocycles. The van der Waals surface area contributed by atoms with Gasteiger partial charge in [0.15, 0.2) is 0 Å². The first kappa shape index (κ1) is 18.9. The summed E-state index contributed by atoms with van der Waals surface area (Å²) in [4.78, 5) is 4.70. The fourth-order valence-corrected chi connectivity index (χ4v) is 2.76. The molecule has 0 aromatic rings. The molecule has 1 unspecified atom stereocenters. The molecule has 0 heterocycles. The van der Waals surface area contributed by atoms with Gasteiger partial charge in [-0.1, -0.05) is 34.6 Å². The summed E-state index contributed by atoms with van der Waals surface area (Å²) in [5.41, 5.74) is 0.852. The molecule has 19 heavy (non-hydrogen) atoms. The molecule has 0 aliphatic rings. The first-order chi connectivity index (χ1) is 8.43. The van der Waals surface area contributed by atoms with Gasteiger partial charge in [0, 0.05) is 6.04 Å². The maximum atomic E-state index is 2.43. The quantitative estimate of drug-likeness (QED) is 0.655.